The monoisotopic (exact) mass is 378 g/mol. The Morgan fingerprint density at radius 3 is 2.50 bits per heavy atom. The molecule has 1 unspecified atom stereocenters. The van der Waals surface area contributed by atoms with E-state index in [2.05, 4.69) is 60.4 Å². The first-order valence-corrected chi connectivity index (χ1v) is 11.4. The zero-order chi connectivity index (χ0) is 19.6. The van der Waals surface area contributed by atoms with Gasteiger partial charge in [0.05, 0.1) is 0 Å². The topological polar surface area (TPSA) is 29.3 Å². The van der Waals surface area contributed by atoms with Gasteiger partial charge >= 0.3 is 0 Å². The molecule has 0 radical (unpaired) electrons. The van der Waals surface area contributed by atoms with E-state index in [0.29, 0.717) is 6.04 Å². The van der Waals surface area contributed by atoms with E-state index in [9.17, 15) is 0 Å². The zero-order valence-electron chi connectivity index (χ0n) is 17.7. The van der Waals surface area contributed by atoms with Crippen molar-refractivity contribution < 1.29 is 0 Å². The van der Waals surface area contributed by atoms with Crippen molar-refractivity contribution in [2.75, 3.05) is 18.8 Å². The summed E-state index contributed by atoms with van der Waals surface area (Å²) in [5.41, 5.74) is 11.6. The number of benzene rings is 2. The minimum Gasteiger partial charge on any atom is -0.398 e. The summed E-state index contributed by atoms with van der Waals surface area (Å²) < 4.78 is 0. The molecule has 0 saturated carbocycles. The standard InChI is InChI=1S/C26H38N2/c1-2-19-28(24-17-18-25-23(21-24)15-11-16-26(25)27)20-10-5-3-4-7-12-22-13-8-6-9-14-22/h6,8-9,11,13-16,24H,2-5,7,10,12,17-21,27H2,1H3. The molecule has 0 saturated heterocycles. The Morgan fingerprint density at radius 1 is 0.893 bits per heavy atom. The maximum absolute atomic E-state index is 6.18. The fraction of sp³-hybridized carbons (Fsp3) is 0.538. The molecule has 1 aliphatic carbocycles. The molecular formula is C26H38N2. The molecule has 0 spiro atoms. The molecule has 2 heteroatoms. The van der Waals surface area contributed by atoms with Gasteiger partial charge in [0.1, 0.15) is 0 Å². The fourth-order valence-electron chi connectivity index (χ4n) is 4.71. The maximum atomic E-state index is 6.18. The molecule has 152 valence electrons. The smallest absolute Gasteiger partial charge is 0.0349 e. The first kappa shape index (κ1) is 20.9. The van der Waals surface area contributed by atoms with E-state index >= 15 is 0 Å². The molecule has 1 aliphatic rings. The van der Waals surface area contributed by atoms with Gasteiger partial charge in [0.15, 0.2) is 0 Å². The van der Waals surface area contributed by atoms with Gasteiger partial charge in [0.25, 0.3) is 0 Å². The van der Waals surface area contributed by atoms with Crippen molar-refractivity contribution in [1.82, 2.24) is 4.90 Å². The van der Waals surface area contributed by atoms with E-state index in [1.54, 1.807) is 0 Å². The van der Waals surface area contributed by atoms with Gasteiger partial charge in [-0.1, -0.05) is 68.7 Å². The van der Waals surface area contributed by atoms with E-state index in [4.69, 9.17) is 5.73 Å². The molecule has 0 aliphatic heterocycles. The molecular weight excluding hydrogens is 340 g/mol. The van der Waals surface area contributed by atoms with Crippen LogP contribution in [-0.4, -0.2) is 24.0 Å². The second-order valence-electron chi connectivity index (χ2n) is 8.42. The Labute approximate surface area is 172 Å². The van der Waals surface area contributed by atoms with Gasteiger partial charge in [-0.05, 0) is 80.8 Å². The highest BCUT2D eigenvalue weighted by atomic mass is 15.1. The number of hydrogen-bond donors (Lipinski definition) is 1. The zero-order valence-corrected chi connectivity index (χ0v) is 17.7. The second-order valence-corrected chi connectivity index (χ2v) is 8.42. The number of rotatable bonds is 11. The molecule has 2 aromatic carbocycles. The van der Waals surface area contributed by atoms with E-state index in [1.807, 2.05) is 0 Å². The van der Waals surface area contributed by atoms with Crippen LogP contribution in [0.2, 0.25) is 0 Å². The highest BCUT2D eigenvalue weighted by Gasteiger charge is 2.24. The van der Waals surface area contributed by atoms with Crippen LogP contribution in [-0.2, 0) is 19.3 Å². The fourth-order valence-corrected chi connectivity index (χ4v) is 4.71. The molecule has 1 atom stereocenters. The van der Waals surface area contributed by atoms with E-state index in [1.165, 1.54) is 87.6 Å². The first-order valence-electron chi connectivity index (χ1n) is 11.4. The molecule has 3 rings (SSSR count). The lowest BCUT2D eigenvalue weighted by atomic mass is 9.86. The summed E-state index contributed by atoms with van der Waals surface area (Å²) in [6, 6.07) is 18.1. The van der Waals surface area contributed by atoms with Gasteiger partial charge in [0.2, 0.25) is 0 Å². The molecule has 0 fully saturated rings. The van der Waals surface area contributed by atoms with Crippen molar-refractivity contribution in [3.63, 3.8) is 0 Å². The SMILES string of the molecule is CCCN(CCCCCCCc1ccccc1)C1CCc2c(N)cccc2C1. The minimum atomic E-state index is 0.701. The second kappa shape index (κ2) is 11.3. The number of hydrogen-bond acceptors (Lipinski definition) is 2. The number of nitrogens with zero attached hydrogens (tertiary/aromatic N) is 1. The Hall–Kier alpha value is -1.80. The predicted octanol–water partition coefficient (Wildman–Crippen LogP) is 6.03. The number of nitrogen functional groups attached to an aromatic ring is 1. The van der Waals surface area contributed by atoms with E-state index < -0.39 is 0 Å². The van der Waals surface area contributed by atoms with Crippen molar-refractivity contribution in [2.24, 2.45) is 0 Å². The number of fused-ring (bicyclic) bond motifs is 1. The third-order valence-corrected chi connectivity index (χ3v) is 6.27. The number of unbranched alkanes of at least 4 members (excludes halogenated alkanes) is 4. The molecule has 2 aromatic rings. The van der Waals surface area contributed by atoms with Crippen LogP contribution < -0.4 is 5.73 Å². The molecule has 0 bridgehead atoms. The van der Waals surface area contributed by atoms with Crippen molar-refractivity contribution in [1.29, 1.82) is 0 Å². The van der Waals surface area contributed by atoms with E-state index in [0.717, 1.165) is 12.1 Å². The predicted molar refractivity (Wildman–Crippen MR) is 122 cm³/mol. The summed E-state index contributed by atoms with van der Waals surface area (Å²) in [5.74, 6) is 0. The molecule has 28 heavy (non-hydrogen) atoms. The van der Waals surface area contributed by atoms with Crippen LogP contribution in [0.3, 0.4) is 0 Å². The van der Waals surface area contributed by atoms with Gasteiger partial charge in [0, 0.05) is 11.7 Å². The van der Waals surface area contributed by atoms with E-state index in [-0.39, 0.29) is 0 Å². The number of anilines is 1. The van der Waals surface area contributed by atoms with Crippen LogP contribution in [0.5, 0.6) is 0 Å². The summed E-state index contributed by atoms with van der Waals surface area (Å²) >= 11 is 0. The average Bonchev–Trinajstić information content (AvgIpc) is 2.73. The van der Waals surface area contributed by atoms with Crippen molar-refractivity contribution in [2.45, 2.75) is 77.2 Å². The Balaban J connectivity index is 1.37. The largest absolute Gasteiger partial charge is 0.398 e. The molecule has 0 aromatic heterocycles. The van der Waals surface area contributed by atoms with Crippen LogP contribution in [0.4, 0.5) is 5.69 Å². The van der Waals surface area contributed by atoms with Gasteiger partial charge in [-0.2, -0.15) is 0 Å². The third kappa shape index (κ3) is 6.10. The Morgan fingerprint density at radius 2 is 1.68 bits per heavy atom. The Kier molecular flexibility index (Phi) is 8.42. The van der Waals surface area contributed by atoms with Gasteiger partial charge in [-0.15, -0.1) is 0 Å². The quantitative estimate of drug-likeness (QED) is 0.382. The Bertz CT molecular complexity index is 695. The van der Waals surface area contributed by atoms with Gasteiger partial charge < -0.3 is 10.6 Å². The maximum Gasteiger partial charge on any atom is 0.0349 e. The number of nitrogens with two attached hydrogens (primary N) is 1. The normalized spacial score (nSPS) is 16.3. The summed E-state index contributed by atoms with van der Waals surface area (Å²) in [6.45, 7) is 4.80. The summed E-state index contributed by atoms with van der Waals surface area (Å²) in [6.07, 6.45) is 12.8. The summed E-state index contributed by atoms with van der Waals surface area (Å²) in [5, 5.41) is 0. The van der Waals surface area contributed by atoms with Crippen molar-refractivity contribution in [3.8, 4) is 0 Å². The van der Waals surface area contributed by atoms with Crippen LogP contribution in [0, 0.1) is 0 Å². The lowest BCUT2D eigenvalue weighted by molar-refractivity contribution is 0.176. The van der Waals surface area contributed by atoms with Crippen LogP contribution in [0.25, 0.3) is 0 Å². The van der Waals surface area contributed by atoms with Crippen LogP contribution >= 0.6 is 0 Å². The first-order chi connectivity index (χ1) is 13.8. The van der Waals surface area contributed by atoms with Crippen molar-refractivity contribution >= 4 is 5.69 Å². The molecule has 0 heterocycles. The summed E-state index contributed by atoms with van der Waals surface area (Å²) in [7, 11) is 0. The molecule has 2 N–H and O–H groups in total. The minimum absolute atomic E-state index is 0.701. The average molecular weight is 379 g/mol. The highest BCUT2D eigenvalue weighted by molar-refractivity contribution is 5.52. The molecule has 2 nitrogen and oxygen atoms in total. The van der Waals surface area contributed by atoms with Gasteiger partial charge in [-0.3, -0.25) is 0 Å². The van der Waals surface area contributed by atoms with Crippen LogP contribution in [0.1, 0.15) is 68.6 Å². The molecule has 0 amide bonds. The number of aryl methyl sites for hydroxylation is 1. The third-order valence-electron chi connectivity index (χ3n) is 6.27. The van der Waals surface area contributed by atoms with Crippen LogP contribution in [0.15, 0.2) is 48.5 Å². The summed E-state index contributed by atoms with van der Waals surface area (Å²) in [4.78, 5) is 2.76. The lowest BCUT2D eigenvalue weighted by Gasteiger charge is -2.35. The lowest BCUT2D eigenvalue weighted by Crippen LogP contribution is -2.40. The van der Waals surface area contributed by atoms with Crippen molar-refractivity contribution in [3.05, 3.63) is 65.2 Å². The highest BCUT2D eigenvalue weighted by Crippen LogP contribution is 2.29. The van der Waals surface area contributed by atoms with Gasteiger partial charge in [-0.25, -0.2) is 0 Å².